The summed E-state index contributed by atoms with van der Waals surface area (Å²) in [6, 6.07) is 5.86. The first-order valence-electron chi connectivity index (χ1n) is 9.01. The van der Waals surface area contributed by atoms with Crippen molar-refractivity contribution in [3.05, 3.63) is 63.7 Å². The van der Waals surface area contributed by atoms with Gasteiger partial charge in [-0.25, -0.2) is 0 Å². The molecular formula is C18H14N2Na3O12S3. The maximum absolute atomic E-state index is 12.8. The molecule has 0 fully saturated rings. The molecule has 14 nitrogen and oxygen atoms in total. The van der Waals surface area contributed by atoms with Crippen LogP contribution in [-0.2, 0) is 30.4 Å². The Morgan fingerprint density at radius 1 is 0.816 bits per heavy atom. The molecular weight excluding hydrogens is 601 g/mol. The summed E-state index contributed by atoms with van der Waals surface area (Å²) in [7, 11) is -15.6. The van der Waals surface area contributed by atoms with Gasteiger partial charge in [0.05, 0.1) is 15.5 Å². The molecule has 0 unspecified atom stereocenters. The number of nitro groups is 1. The molecule has 3 rings (SSSR count). The van der Waals surface area contributed by atoms with Crippen molar-refractivity contribution in [1.29, 1.82) is 0 Å². The quantitative estimate of drug-likeness (QED) is 0.131. The van der Waals surface area contributed by atoms with Crippen molar-refractivity contribution >= 4 is 147 Å². The fourth-order valence-corrected chi connectivity index (χ4v) is 5.29. The van der Waals surface area contributed by atoms with Crippen LogP contribution in [-0.4, -0.2) is 138 Å². The Bertz CT molecular complexity index is 1760. The molecule has 0 atom stereocenters. The summed E-state index contributed by atoms with van der Waals surface area (Å²) in [6.07, 6.45) is 0. The number of anilines is 1. The fraction of sp³-hybridized carbons (Fsp3) is 0.0556. The third-order valence-corrected chi connectivity index (χ3v) is 7.33. The van der Waals surface area contributed by atoms with Crippen molar-refractivity contribution in [2.45, 2.75) is 21.6 Å². The van der Waals surface area contributed by atoms with Gasteiger partial charge in [-0.05, 0) is 42.8 Å². The minimum atomic E-state index is -5.34. The van der Waals surface area contributed by atoms with E-state index in [2.05, 4.69) is 5.32 Å². The Balaban J connectivity index is 0.00000456. The molecule has 0 spiro atoms. The van der Waals surface area contributed by atoms with Gasteiger partial charge >= 0.3 is 0 Å². The van der Waals surface area contributed by atoms with Crippen molar-refractivity contribution in [3.63, 3.8) is 0 Å². The number of amides is 1. The second-order valence-electron chi connectivity index (χ2n) is 7.11. The standard InChI is InChI=1S/C18H14N2O12S3.3Na/c1-9-2-3-11(14(6-9)20(22)23)18(21)19-13-4-5-15(34(27,28)29)12-7-10(33(24,25)26)8-16(17(12)13)35(30,31)32;;;/h2-8H,1H3,(H,19,21)(H,24,25,26)(H,27,28,29)(H,30,31,32);;;. The summed E-state index contributed by atoms with van der Waals surface area (Å²) < 4.78 is 99.6. The summed E-state index contributed by atoms with van der Waals surface area (Å²) in [4.78, 5) is 19.9. The van der Waals surface area contributed by atoms with Gasteiger partial charge in [0.2, 0.25) is 0 Å². The van der Waals surface area contributed by atoms with Crippen LogP contribution < -0.4 is 5.32 Å². The van der Waals surface area contributed by atoms with Crippen LogP contribution >= 0.6 is 0 Å². The molecule has 3 aromatic rings. The monoisotopic (exact) mass is 615 g/mol. The first kappa shape index (κ1) is 37.5. The van der Waals surface area contributed by atoms with E-state index in [0.29, 0.717) is 23.8 Å². The van der Waals surface area contributed by atoms with Crippen molar-refractivity contribution in [1.82, 2.24) is 0 Å². The minimum absolute atomic E-state index is 0. The predicted octanol–water partition coefficient (Wildman–Crippen LogP) is 0.906. The van der Waals surface area contributed by atoms with Gasteiger partial charge in [-0.1, -0.05) is 6.07 Å². The number of carbonyl (C=O) groups excluding carboxylic acids is 1. The van der Waals surface area contributed by atoms with E-state index in [1.807, 2.05) is 0 Å². The van der Waals surface area contributed by atoms with Crippen LogP contribution in [0.1, 0.15) is 15.9 Å². The molecule has 0 saturated heterocycles. The molecule has 0 aliphatic heterocycles. The number of hydrogen-bond acceptors (Lipinski definition) is 9. The Morgan fingerprint density at radius 3 is 1.84 bits per heavy atom. The molecule has 0 bridgehead atoms. The summed E-state index contributed by atoms with van der Waals surface area (Å²) in [5.41, 5.74) is -1.15. The molecule has 0 heterocycles. The van der Waals surface area contributed by atoms with E-state index < -0.39 is 83.6 Å². The number of benzene rings is 3. The third-order valence-electron chi connectivity index (χ3n) is 4.71. The summed E-state index contributed by atoms with van der Waals surface area (Å²) in [5.74, 6) is -1.14. The van der Waals surface area contributed by atoms with Gasteiger partial charge in [0.15, 0.2) is 0 Å². The average molecular weight is 615 g/mol. The minimum Gasteiger partial charge on any atom is -0.321 e. The zero-order valence-corrected chi connectivity index (χ0v) is 28.7. The maximum Gasteiger partial charge on any atom is 0.295 e. The number of nitrogens with one attached hydrogen (secondary N) is 1. The van der Waals surface area contributed by atoms with Gasteiger partial charge in [-0.15, -0.1) is 0 Å². The molecule has 4 N–H and O–H groups in total. The van der Waals surface area contributed by atoms with Crippen molar-refractivity contribution in [2.75, 3.05) is 5.32 Å². The van der Waals surface area contributed by atoms with E-state index in [4.69, 9.17) is 0 Å². The Morgan fingerprint density at radius 2 is 1.37 bits per heavy atom. The Hall–Kier alpha value is -0.480. The van der Waals surface area contributed by atoms with Gasteiger partial charge in [-0.3, -0.25) is 28.6 Å². The number of aryl methyl sites for hydroxylation is 1. The first-order chi connectivity index (χ1) is 15.9. The molecule has 0 aliphatic rings. The van der Waals surface area contributed by atoms with E-state index in [-0.39, 0.29) is 88.7 Å². The molecule has 38 heavy (non-hydrogen) atoms. The molecule has 0 saturated carbocycles. The predicted molar refractivity (Wildman–Crippen MR) is 136 cm³/mol. The fourth-order valence-electron chi connectivity index (χ4n) is 3.25. The summed E-state index contributed by atoms with van der Waals surface area (Å²) in [5, 5.41) is 11.9. The molecule has 0 aliphatic carbocycles. The zero-order chi connectivity index (χ0) is 26.5. The van der Waals surface area contributed by atoms with Gasteiger partial charge in [0.25, 0.3) is 41.9 Å². The molecule has 3 radical (unpaired) electrons. The van der Waals surface area contributed by atoms with Gasteiger partial charge in [-0.2, -0.15) is 25.3 Å². The Labute approximate surface area is 282 Å². The largest absolute Gasteiger partial charge is 0.321 e. The summed E-state index contributed by atoms with van der Waals surface area (Å²) >= 11 is 0. The number of nitro benzene ring substituents is 1. The van der Waals surface area contributed by atoms with Gasteiger partial charge in [0.1, 0.15) is 15.4 Å². The van der Waals surface area contributed by atoms with E-state index >= 15 is 0 Å². The molecule has 20 heteroatoms. The van der Waals surface area contributed by atoms with Gasteiger partial charge < -0.3 is 5.32 Å². The molecule has 1 amide bonds. The topological polar surface area (TPSA) is 235 Å². The van der Waals surface area contributed by atoms with E-state index in [9.17, 15) is 53.8 Å². The molecule has 189 valence electrons. The second kappa shape index (κ2) is 13.5. The zero-order valence-electron chi connectivity index (χ0n) is 20.2. The van der Waals surface area contributed by atoms with Crippen LogP contribution in [0.2, 0.25) is 0 Å². The molecule has 3 aromatic carbocycles. The number of hydrogen-bond donors (Lipinski definition) is 4. The number of rotatable bonds is 6. The van der Waals surface area contributed by atoms with Crippen LogP contribution in [0.15, 0.2) is 57.2 Å². The van der Waals surface area contributed by atoms with Crippen LogP contribution in [0.4, 0.5) is 11.4 Å². The van der Waals surface area contributed by atoms with Crippen LogP contribution in [0.3, 0.4) is 0 Å². The SMILES string of the molecule is Cc1ccc(C(=O)Nc2ccc(S(=O)(=O)O)c3cc(S(=O)(=O)O)cc(S(=O)(=O)O)c23)c([N+](=O)[O-])c1.[Na].[Na].[Na]. The summed E-state index contributed by atoms with van der Waals surface area (Å²) in [6.45, 7) is 1.53. The first-order valence-corrected chi connectivity index (χ1v) is 13.3. The van der Waals surface area contributed by atoms with Crippen molar-refractivity contribution in [2.24, 2.45) is 0 Å². The number of carbonyl (C=O) groups is 1. The van der Waals surface area contributed by atoms with Crippen molar-refractivity contribution < 1.29 is 48.6 Å². The van der Waals surface area contributed by atoms with Crippen LogP contribution in [0.5, 0.6) is 0 Å². The van der Waals surface area contributed by atoms with E-state index in [1.54, 1.807) is 0 Å². The van der Waals surface area contributed by atoms with Crippen LogP contribution in [0, 0.1) is 17.0 Å². The van der Waals surface area contributed by atoms with Crippen LogP contribution in [0.25, 0.3) is 10.8 Å². The smallest absolute Gasteiger partial charge is 0.295 e. The number of nitrogens with zero attached hydrogens (tertiary/aromatic N) is 1. The second-order valence-corrected chi connectivity index (χ2v) is 11.3. The number of fused-ring (bicyclic) bond motifs is 1. The Kier molecular flexibility index (Phi) is 13.3. The van der Waals surface area contributed by atoms with E-state index in [1.165, 1.54) is 13.0 Å². The van der Waals surface area contributed by atoms with Crippen molar-refractivity contribution in [3.8, 4) is 0 Å². The molecule has 0 aromatic heterocycles. The maximum atomic E-state index is 12.8. The third kappa shape index (κ3) is 8.27. The van der Waals surface area contributed by atoms with E-state index in [0.717, 1.165) is 18.2 Å². The normalized spacial score (nSPS) is 11.5. The average Bonchev–Trinajstić information content (AvgIpc) is 2.70. The van der Waals surface area contributed by atoms with Gasteiger partial charge in [0, 0.05) is 106 Å².